The van der Waals surface area contributed by atoms with Gasteiger partial charge in [-0.3, -0.25) is 0 Å². The van der Waals surface area contributed by atoms with Crippen LogP contribution in [0.2, 0.25) is 0 Å². The molecule has 0 aliphatic carbocycles. The van der Waals surface area contributed by atoms with Crippen molar-refractivity contribution >= 4 is 6.21 Å². The fourth-order valence-electron chi connectivity index (χ4n) is 1.16. The van der Waals surface area contributed by atoms with E-state index in [-0.39, 0.29) is 0 Å². The largest absolute Gasteiger partial charge is 0.313 e. The van der Waals surface area contributed by atoms with E-state index >= 15 is 0 Å². The average molecular weight is 141 g/mol. The van der Waals surface area contributed by atoms with Crippen molar-refractivity contribution in [1.82, 2.24) is 0 Å². The third kappa shape index (κ3) is 2.13. The van der Waals surface area contributed by atoms with Crippen LogP contribution in [0.3, 0.4) is 0 Å². The molecule has 60 valence electrons. The third-order valence-corrected chi connectivity index (χ3v) is 2.56. The molecule has 1 heteroatoms. The summed E-state index contributed by atoms with van der Waals surface area (Å²) in [7, 11) is 0. The molecule has 0 spiro atoms. The molecule has 0 bridgehead atoms. The standard InChI is InChI=1S/C9H19N/c1-5-8(7-10)9(3,4)6-2/h7-8,10H,5-6H2,1-4H3/t8-/m1/s1. The van der Waals surface area contributed by atoms with Gasteiger partial charge in [-0.15, -0.1) is 0 Å². The van der Waals surface area contributed by atoms with Gasteiger partial charge < -0.3 is 5.41 Å². The Hall–Kier alpha value is -0.330. The number of hydrogen-bond donors (Lipinski definition) is 1. The summed E-state index contributed by atoms with van der Waals surface area (Å²) in [6, 6.07) is 0. The molecule has 0 rings (SSSR count). The van der Waals surface area contributed by atoms with Crippen LogP contribution in [-0.2, 0) is 0 Å². The maximum absolute atomic E-state index is 7.19. The Morgan fingerprint density at radius 3 is 2.00 bits per heavy atom. The zero-order chi connectivity index (χ0) is 8.20. The van der Waals surface area contributed by atoms with Crippen LogP contribution in [0, 0.1) is 16.7 Å². The summed E-state index contributed by atoms with van der Waals surface area (Å²) >= 11 is 0. The van der Waals surface area contributed by atoms with Crippen molar-refractivity contribution in [3.05, 3.63) is 0 Å². The van der Waals surface area contributed by atoms with E-state index in [2.05, 4.69) is 27.7 Å². The number of nitrogens with one attached hydrogen (secondary N) is 1. The first-order chi connectivity index (χ1) is 4.58. The molecule has 0 saturated carbocycles. The highest BCUT2D eigenvalue weighted by atomic mass is 14.4. The van der Waals surface area contributed by atoms with Crippen molar-refractivity contribution in [2.75, 3.05) is 0 Å². The molecule has 0 aromatic carbocycles. The summed E-state index contributed by atoms with van der Waals surface area (Å²) in [5.41, 5.74) is 0.316. The molecular formula is C9H19N. The smallest absolute Gasteiger partial charge is 0.00115 e. The van der Waals surface area contributed by atoms with Crippen molar-refractivity contribution in [1.29, 1.82) is 5.41 Å². The van der Waals surface area contributed by atoms with Crippen molar-refractivity contribution in [2.24, 2.45) is 11.3 Å². The summed E-state index contributed by atoms with van der Waals surface area (Å²) in [6.07, 6.45) is 3.83. The molecule has 1 nitrogen and oxygen atoms in total. The molecule has 0 radical (unpaired) electrons. The van der Waals surface area contributed by atoms with Gasteiger partial charge in [0.05, 0.1) is 0 Å². The Morgan fingerprint density at radius 2 is 1.90 bits per heavy atom. The first-order valence-electron chi connectivity index (χ1n) is 4.09. The van der Waals surface area contributed by atoms with Gasteiger partial charge in [0.15, 0.2) is 0 Å². The average Bonchev–Trinajstić information content (AvgIpc) is 1.90. The first kappa shape index (κ1) is 9.67. The van der Waals surface area contributed by atoms with Crippen molar-refractivity contribution in [2.45, 2.75) is 40.5 Å². The summed E-state index contributed by atoms with van der Waals surface area (Å²) in [5.74, 6) is 0.456. The van der Waals surface area contributed by atoms with Crippen LogP contribution in [-0.4, -0.2) is 6.21 Å². The topological polar surface area (TPSA) is 23.9 Å². The molecule has 0 aromatic rings. The minimum absolute atomic E-state index is 0.316. The van der Waals surface area contributed by atoms with Gasteiger partial charge in [-0.1, -0.05) is 34.1 Å². The molecule has 0 unspecified atom stereocenters. The van der Waals surface area contributed by atoms with Gasteiger partial charge in [-0.25, -0.2) is 0 Å². The lowest BCUT2D eigenvalue weighted by Crippen LogP contribution is -2.23. The monoisotopic (exact) mass is 141 g/mol. The maximum Gasteiger partial charge on any atom is -0.00115 e. The lowest BCUT2D eigenvalue weighted by Gasteiger charge is -2.29. The second kappa shape index (κ2) is 3.75. The van der Waals surface area contributed by atoms with E-state index in [1.807, 2.05) is 0 Å². The van der Waals surface area contributed by atoms with Crippen LogP contribution in [0.4, 0.5) is 0 Å². The fourth-order valence-corrected chi connectivity index (χ4v) is 1.16. The Kier molecular flexibility index (Phi) is 3.62. The molecule has 0 heterocycles. The lowest BCUT2D eigenvalue weighted by molar-refractivity contribution is 0.264. The Labute approximate surface area is 64.3 Å². The Balaban J connectivity index is 4.10. The molecule has 10 heavy (non-hydrogen) atoms. The molecular weight excluding hydrogens is 122 g/mol. The maximum atomic E-state index is 7.19. The summed E-state index contributed by atoms with van der Waals surface area (Å²) < 4.78 is 0. The minimum atomic E-state index is 0.316. The van der Waals surface area contributed by atoms with Crippen LogP contribution in [0.1, 0.15) is 40.5 Å². The van der Waals surface area contributed by atoms with Crippen LogP contribution < -0.4 is 0 Å². The van der Waals surface area contributed by atoms with Gasteiger partial charge in [0, 0.05) is 0 Å². The van der Waals surface area contributed by atoms with Gasteiger partial charge in [-0.2, -0.15) is 0 Å². The van der Waals surface area contributed by atoms with Crippen LogP contribution in [0.5, 0.6) is 0 Å². The lowest BCUT2D eigenvalue weighted by atomic mass is 9.76. The predicted molar refractivity (Wildman–Crippen MR) is 46.6 cm³/mol. The number of hydrogen-bond acceptors (Lipinski definition) is 1. The van der Waals surface area contributed by atoms with Crippen molar-refractivity contribution < 1.29 is 0 Å². The summed E-state index contributed by atoms with van der Waals surface area (Å²) in [6.45, 7) is 8.79. The number of rotatable bonds is 4. The van der Waals surface area contributed by atoms with E-state index in [0.29, 0.717) is 11.3 Å². The van der Waals surface area contributed by atoms with Crippen molar-refractivity contribution in [3.63, 3.8) is 0 Å². The first-order valence-corrected chi connectivity index (χ1v) is 4.09. The fraction of sp³-hybridized carbons (Fsp3) is 0.889. The van der Waals surface area contributed by atoms with Crippen molar-refractivity contribution in [3.8, 4) is 0 Å². The second-order valence-electron chi connectivity index (χ2n) is 3.52. The van der Waals surface area contributed by atoms with Gasteiger partial charge in [-0.05, 0) is 24.0 Å². The van der Waals surface area contributed by atoms with Crippen LogP contribution >= 0.6 is 0 Å². The molecule has 1 N–H and O–H groups in total. The molecule has 0 aromatic heterocycles. The van der Waals surface area contributed by atoms with E-state index < -0.39 is 0 Å². The van der Waals surface area contributed by atoms with E-state index in [1.165, 1.54) is 0 Å². The molecule has 0 fully saturated rings. The summed E-state index contributed by atoms with van der Waals surface area (Å²) in [5, 5.41) is 7.19. The summed E-state index contributed by atoms with van der Waals surface area (Å²) in [4.78, 5) is 0. The minimum Gasteiger partial charge on any atom is -0.313 e. The molecule has 1 atom stereocenters. The third-order valence-electron chi connectivity index (χ3n) is 2.56. The molecule has 0 aliphatic rings. The van der Waals surface area contributed by atoms with E-state index in [0.717, 1.165) is 12.8 Å². The van der Waals surface area contributed by atoms with Gasteiger partial charge in [0.25, 0.3) is 0 Å². The molecule has 0 aliphatic heterocycles. The second-order valence-corrected chi connectivity index (χ2v) is 3.52. The van der Waals surface area contributed by atoms with E-state index in [1.54, 1.807) is 6.21 Å². The highest BCUT2D eigenvalue weighted by molar-refractivity contribution is 5.57. The Morgan fingerprint density at radius 1 is 1.40 bits per heavy atom. The highest BCUT2D eigenvalue weighted by Crippen LogP contribution is 2.30. The SMILES string of the molecule is CC[C@H](C=N)C(C)(C)CC. The normalized spacial score (nSPS) is 14.8. The highest BCUT2D eigenvalue weighted by Gasteiger charge is 2.23. The van der Waals surface area contributed by atoms with Crippen LogP contribution in [0.15, 0.2) is 0 Å². The van der Waals surface area contributed by atoms with E-state index in [9.17, 15) is 0 Å². The predicted octanol–water partition coefficient (Wildman–Crippen LogP) is 3.10. The van der Waals surface area contributed by atoms with E-state index in [4.69, 9.17) is 5.41 Å². The van der Waals surface area contributed by atoms with Gasteiger partial charge >= 0.3 is 0 Å². The molecule has 0 amide bonds. The Bertz CT molecular complexity index is 105. The molecule has 0 saturated heterocycles. The van der Waals surface area contributed by atoms with Crippen LogP contribution in [0.25, 0.3) is 0 Å². The quantitative estimate of drug-likeness (QED) is 0.582. The zero-order valence-electron chi connectivity index (χ0n) is 7.57. The zero-order valence-corrected chi connectivity index (χ0v) is 7.57. The van der Waals surface area contributed by atoms with Gasteiger partial charge in [0.1, 0.15) is 0 Å². The van der Waals surface area contributed by atoms with Gasteiger partial charge in [0.2, 0.25) is 0 Å².